The molecule has 3 unspecified atom stereocenters. The van der Waals surface area contributed by atoms with Crippen molar-refractivity contribution in [1.29, 1.82) is 0 Å². The van der Waals surface area contributed by atoms with Crippen LogP contribution in [0, 0.1) is 0 Å². The molecule has 2 heterocycles. The van der Waals surface area contributed by atoms with E-state index in [1.807, 2.05) is 24.3 Å². The highest BCUT2D eigenvalue weighted by atomic mass is 35.5. The van der Waals surface area contributed by atoms with E-state index in [1.54, 1.807) is 60.7 Å². The van der Waals surface area contributed by atoms with Crippen LogP contribution in [-0.2, 0) is 9.53 Å². The van der Waals surface area contributed by atoms with Gasteiger partial charge < -0.3 is 14.7 Å². The summed E-state index contributed by atoms with van der Waals surface area (Å²) in [5.74, 6) is -0.301. The second kappa shape index (κ2) is 8.74. The number of amides is 1. The van der Waals surface area contributed by atoms with Gasteiger partial charge in [-0.1, -0.05) is 47.5 Å². The first-order chi connectivity index (χ1) is 14.5. The van der Waals surface area contributed by atoms with Gasteiger partial charge in [0.15, 0.2) is 6.10 Å². The lowest BCUT2D eigenvalue weighted by Gasteiger charge is -2.44. The van der Waals surface area contributed by atoms with Crippen molar-refractivity contribution < 1.29 is 14.6 Å². The van der Waals surface area contributed by atoms with E-state index in [0.717, 1.165) is 11.1 Å². The summed E-state index contributed by atoms with van der Waals surface area (Å²) in [4.78, 5) is 18.8. The first-order valence-electron chi connectivity index (χ1n) is 9.47. The van der Waals surface area contributed by atoms with Crippen molar-refractivity contribution in [2.75, 3.05) is 7.05 Å². The molecule has 2 aromatic carbocycles. The quantitative estimate of drug-likeness (QED) is 0.632. The van der Waals surface area contributed by atoms with Crippen LogP contribution < -0.4 is 0 Å². The molecule has 4 atom stereocenters. The average molecular weight is 443 g/mol. The van der Waals surface area contributed by atoms with Gasteiger partial charge in [0.05, 0.1) is 6.04 Å². The Morgan fingerprint density at radius 2 is 1.47 bits per heavy atom. The molecule has 154 valence electrons. The minimum atomic E-state index is -1.12. The largest absolute Gasteiger partial charge is 0.385 e. The molecule has 30 heavy (non-hydrogen) atoms. The maximum absolute atomic E-state index is 13.2. The third kappa shape index (κ3) is 4.07. The smallest absolute Gasteiger partial charge is 0.255 e. The second-order valence-electron chi connectivity index (χ2n) is 7.20. The molecule has 1 N–H and O–H groups in total. The highest BCUT2D eigenvalue weighted by molar-refractivity contribution is 6.30. The van der Waals surface area contributed by atoms with Crippen molar-refractivity contribution in [2.45, 2.75) is 24.4 Å². The molecule has 5 nitrogen and oxygen atoms in total. The van der Waals surface area contributed by atoms with E-state index in [0.29, 0.717) is 15.6 Å². The number of carbonyl (C=O) groups is 1. The van der Waals surface area contributed by atoms with Crippen LogP contribution in [-0.4, -0.2) is 34.0 Å². The Bertz CT molecular complexity index is 1010. The number of halogens is 2. The Kier molecular flexibility index (Phi) is 6.06. The number of carbonyl (C=O) groups excluding carboxylic acids is 1. The minimum absolute atomic E-state index is 0.301. The number of ether oxygens (including phenoxy) is 1. The van der Waals surface area contributed by atoms with E-state index in [2.05, 4.69) is 4.98 Å². The monoisotopic (exact) mass is 442 g/mol. The van der Waals surface area contributed by atoms with Crippen LogP contribution in [0.3, 0.4) is 0 Å². The number of aromatic nitrogens is 1. The summed E-state index contributed by atoms with van der Waals surface area (Å²) in [7, 11) is 1.72. The van der Waals surface area contributed by atoms with E-state index in [1.165, 1.54) is 0 Å². The molecule has 0 radical (unpaired) electrons. The standard InChI is InChI=1S/C23H20Cl2N2O3/c1-27-19(14-2-6-17(24)7-3-14)21(16-4-8-18(25)9-5-16)30-22(23(27)29)20(28)15-10-12-26-13-11-15/h2-13,19-22,28H,1H3/t19?,20-,21?,22?/m1/s1. The molecule has 4 rings (SSSR count). The fraction of sp³-hybridized carbons (Fsp3) is 0.217. The van der Waals surface area contributed by atoms with Gasteiger partial charge in [-0.25, -0.2) is 0 Å². The van der Waals surface area contributed by atoms with Crippen LogP contribution in [0.4, 0.5) is 0 Å². The Balaban J connectivity index is 1.74. The number of hydrogen-bond donors (Lipinski definition) is 1. The van der Waals surface area contributed by atoms with Crippen LogP contribution in [0.1, 0.15) is 34.9 Å². The molecule has 1 amide bonds. The first kappa shape index (κ1) is 20.8. The zero-order valence-electron chi connectivity index (χ0n) is 16.2. The van der Waals surface area contributed by atoms with Crippen molar-refractivity contribution in [3.05, 3.63) is 99.8 Å². The lowest BCUT2D eigenvalue weighted by Crippen LogP contribution is -2.51. The number of hydrogen-bond acceptors (Lipinski definition) is 4. The van der Waals surface area contributed by atoms with Crippen LogP contribution >= 0.6 is 23.2 Å². The van der Waals surface area contributed by atoms with Gasteiger partial charge >= 0.3 is 0 Å². The van der Waals surface area contributed by atoms with Crippen LogP contribution in [0.5, 0.6) is 0 Å². The molecule has 1 saturated heterocycles. The van der Waals surface area contributed by atoms with Gasteiger partial charge in [-0.15, -0.1) is 0 Å². The molecule has 3 aromatic rings. The van der Waals surface area contributed by atoms with E-state index in [9.17, 15) is 9.90 Å². The van der Waals surface area contributed by atoms with Crippen LogP contribution in [0.15, 0.2) is 73.1 Å². The van der Waals surface area contributed by atoms with Crippen molar-refractivity contribution in [2.24, 2.45) is 0 Å². The second-order valence-corrected chi connectivity index (χ2v) is 8.07. The Labute approximate surface area is 184 Å². The van der Waals surface area contributed by atoms with E-state index in [4.69, 9.17) is 27.9 Å². The van der Waals surface area contributed by atoms with Gasteiger partial charge in [-0.05, 0) is 53.1 Å². The summed E-state index contributed by atoms with van der Waals surface area (Å²) >= 11 is 12.1. The Hall–Kier alpha value is -2.44. The predicted molar refractivity (Wildman–Crippen MR) is 115 cm³/mol. The van der Waals surface area contributed by atoms with Gasteiger partial charge in [-0.2, -0.15) is 0 Å². The highest BCUT2D eigenvalue weighted by Gasteiger charge is 2.45. The number of benzene rings is 2. The number of nitrogens with zero attached hydrogens (tertiary/aromatic N) is 2. The minimum Gasteiger partial charge on any atom is -0.385 e. The Morgan fingerprint density at radius 1 is 0.933 bits per heavy atom. The summed E-state index contributed by atoms with van der Waals surface area (Å²) in [6, 6.07) is 17.6. The summed E-state index contributed by atoms with van der Waals surface area (Å²) in [6.45, 7) is 0. The van der Waals surface area contributed by atoms with Gasteiger partial charge in [0.25, 0.3) is 5.91 Å². The zero-order chi connectivity index (χ0) is 21.3. The SMILES string of the molecule is CN1C(=O)C([C@H](O)c2ccncc2)OC(c2ccc(Cl)cc2)C1c1ccc(Cl)cc1. The third-order valence-electron chi connectivity index (χ3n) is 5.33. The fourth-order valence-electron chi connectivity index (χ4n) is 3.75. The highest BCUT2D eigenvalue weighted by Crippen LogP contribution is 2.43. The predicted octanol–water partition coefficient (Wildman–Crippen LogP) is 4.76. The Morgan fingerprint density at radius 3 is 2.03 bits per heavy atom. The number of aliphatic hydroxyl groups is 1. The molecule has 1 fully saturated rings. The van der Waals surface area contributed by atoms with Gasteiger partial charge in [0.1, 0.15) is 12.2 Å². The lowest BCUT2D eigenvalue weighted by atomic mass is 9.90. The zero-order valence-corrected chi connectivity index (χ0v) is 17.7. The number of likely N-dealkylation sites (N-methyl/N-ethyl adjacent to an activating group) is 1. The molecule has 7 heteroatoms. The van der Waals surface area contributed by atoms with Crippen molar-refractivity contribution in [3.8, 4) is 0 Å². The fourth-order valence-corrected chi connectivity index (χ4v) is 4.00. The van der Waals surface area contributed by atoms with Crippen molar-refractivity contribution in [3.63, 3.8) is 0 Å². The van der Waals surface area contributed by atoms with E-state index in [-0.39, 0.29) is 5.91 Å². The van der Waals surface area contributed by atoms with E-state index < -0.39 is 24.4 Å². The lowest BCUT2D eigenvalue weighted by molar-refractivity contribution is -0.185. The first-order valence-corrected chi connectivity index (χ1v) is 10.2. The normalized spacial score (nSPS) is 22.7. The molecule has 0 aliphatic carbocycles. The maximum Gasteiger partial charge on any atom is 0.255 e. The van der Waals surface area contributed by atoms with Gasteiger partial charge in [-0.3, -0.25) is 9.78 Å². The summed E-state index contributed by atoms with van der Waals surface area (Å²) in [5.41, 5.74) is 2.30. The molecule has 1 aliphatic heterocycles. The van der Waals surface area contributed by atoms with Crippen LogP contribution in [0.2, 0.25) is 10.0 Å². The summed E-state index contributed by atoms with van der Waals surface area (Å²) in [6.07, 6.45) is 0.462. The molecule has 1 aromatic heterocycles. The number of morpholine rings is 1. The molecule has 0 bridgehead atoms. The number of aliphatic hydroxyl groups excluding tert-OH is 1. The van der Waals surface area contributed by atoms with Gasteiger partial charge in [0, 0.05) is 29.5 Å². The third-order valence-corrected chi connectivity index (χ3v) is 5.84. The molecular formula is C23H20Cl2N2O3. The van der Waals surface area contributed by atoms with Crippen molar-refractivity contribution in [1.82, 2.24) is 9.88 Å². The molecular weight excluding hydrogens is 423 g/mol. The maximum atomic E-state index is 13.2. The van der Waals surface area contributed by atoms with Crippen LogP contribution in [0.25, 0.3) is 0 Å². The molecule has 0 saturated carbocycles. The average Bonchev–Trinajstić information content (AvgIpc) is 2.77. The van der Waals surface area contributed by atoms with Crippen molar-refractivity contribution >= 4 is 29.1 Å². The topological polar surface area (TPSA) is 62.7 Å². The summed E-state index contributed by atoms with van der Waals surface area (Å²) in [5, 5.41) is 12.1. The van der Waals surface area contributed by atoms with Gasteiger partial charge in [0.2, 0.25) is 0 Å². The molecule has 1 aliphatic rings. The molecule has 0 spiro atoms. The van der Waals surface area contributed by atoms with E-state index >= 15 is 0 Å². The number of pyridine rings is 1. The summed E-state index contributed by atoms with van der Waals surface area (Å²) < 4.78 is 6.27. The number of rotatable bonds is 4.